The summed E-state index contributed by atoms with van der Waals surface area (Å²) >= 11 is 0. The molecule has 2 aromatic rings. The third-order valence-corrected chi connectivity index (χ3v) is 5.76. The lowest BCUT2D eigenvalue weighted by molar-refractivity contribution is -0.120. The molecule has 22 heavy (non-hydrogen) atoms. The number of aryl methyl sites for hydroxylation is 1. The Kier molecular flexibility index (Phi) is 3.24. The molecule has 1 amide bonds. The van der Waals surface area contributed by atoms with Crippen molar-refractivity contribution in [3.63, 3.8) is 0 Å². The highest BCUT2D eigenvalue weighted by Crippen LogP contribution is 2.53. The van der Waals surface area contributed by atoms with Crippen molar-refractivity contribution in [3.8, 4) is 0 Å². The molecule has 0 radical (unpaired) electrons. The van der Waals surface area contributed by atoms with Gasteiger partial charge in [-0.25, -0.2) is 0 Å². The number of nitrogens with zero attached hydrogens (tertiary/aromatic N) is 2. The molecule has 1 aromatic carbocycles. The number of carbonyl (C=O) groups is 1. The Bertz CT molecular complexity index is 718. The minimum atomic E-state index is 0.378. The van der Waals surface area contributed by atoms with Crippen molar-refractivity contribution in [2.24, 2.45) is 0 Å². The van der Waals surface area contributed by atoms with E-state index >= 15 is 0 Å². The summed E-state index contributed by atoms with van der Waals surface area (Å²) in [5.41, 5.74) is 4.51. The predicted molar refractivity (Wildman–Crippen MR) is 89.2 cm³/mol. The van der Waals surface area contributed by atoms with Crippen molar-refractivity contribution in [2.75, 3.05) is 7.05 Å². The van der Waals surface area contributed by atoms with Crippen LogP contribution in [0, 0.1) is 0 Å². The lowest BCUT2D eigenvalue weighted by Crippen LogP contribution is -2.44. The SMILES string of the molecule is CCCn1c2c(c3ccccc31)C1CCC2C(N(C)C=O)C1. The summed E-state index contributed by atoms with van der Waals surface area (Å²) in [5.74, 6) is 1.13. The van der Waals surface area contributed by atoms with Gasteiger partial charge in [0.05, 0.1) is 0 Å². The summed E-state index contributed by atoms with van der Waals surface area (Å²) in [4.78, 5) is 13.2. The summed E-state index contributed by atoms with van der Waals surface area (Å²) in [5, 5.41) is 1.45. The van der Waals surface area contributed by atoms with Crippen LogP contribution in [0.4, 0.5) is 0 Å². The van der Waals surface area contributed by atoms with Crippen LogP contribution in [0.25, 0.3) is 10.9 Å². The highest BCUT2D eigenvalue weighted by molar-refractivity contribution is 5.87. The molecule has 2 bridgehead atoms. The second kappa shape index (κ2) is 5.15. The van der Waals surface area contributed by atoms with Gasteiger partial charge in [0.15, 0.2) is 0 Å². The predicted octanol–water partition coefficient (Wildman–Crippen LogP) is 3.87. The molecule has 3 unspecified atom stereocenters. The molecule has 3 aliphatic carbocycles. The zero-order chi connectivity index (χ0) is 15.3. The average molecular weight is 296 g/mol. The molecular formula is C19H24N2O. The normalized spacial score (nSPS) is 26.2. The van der Waals surface area contributed by atoms with Gasteiger partial charge in [-0.3, -0.25) is 4.79 Å². The van der Waals surface area contributed by atoms with Gasteiger partial charge in [0.2, 0.25) is 6.41 Å². The summed E-state index contributed by atoms with van der Waals surface area (Å²) in [6.45, 7) is 3.33. The lowest BCUT2D eigenvalue weighted by Gasteiger charge is -2.46. The number of hydrogen-bond acceptors (Lipinski definition) is 1. The maximum absolute atomic E-state index is 11.3. The van der Waals surface area contributed by atoms with Crippen molar-refractivity contribution < 1.29 is 4.79 Å². The third kappa shape index (κ3) is 1.77. The van der Waals surface area contributed by atoms with Gasteiger partial charge in [0.1, 0.15) is 0 Å². The fourth-order valence-corrected chi connectivity index (χ4v) is 4.90. The fourth-order valence-electron chi connectivity index (χ4n) is 4.90. The van der Waals surface area contributed by atoms with E-state index in [1.807, 2.05) is 11.9 Å². The van der Waals surface area contributed by atoms with Gasteiger partial charge >= 0.3 is 0 Å². The van der Waals surface area contributed by atoms with E-state index in [0.717, 1.165) is 25.8 Å². The van der Waals surface area contributed by atoms with Crippen LogP contribution in [0.3, 0.4) is 0 Å². The van der Waals surface area contributed by atoms with Crippen LogP contribution in [0.5, 0.6) is 0 Å². The molecule has 0 saturated heterocycles. The highest BCUT2D eigenvalue weighted by atomic mass is 16.1. The Balaban J connectivity index is 1.94. The first-order chi connectivity index (χ1) is 10.8. The molecule has 116 valence electrons. The molecule has 3 aliphatic rings. The van der Waals surface area contributed by atoms with Crippen LogP contribution in [0.2, 0.25) is 0 Å². The van der Waals surface area contributed by atoms with Gasteiger partial charge < -0.3 is 9.47 Å². The van der Waals surface area contributed by atoms with Gasteiger partial charge in [-0.2, -0.15) is 0 Å². The Morgan fingerprint density at radius 2 is 2.14 bits per heavy atom. The summed E-state index contributed by atoms with van der Waals surface area (Å²) in [6.07, 6.45) is 5.79. The molecule has 3 heteroatoms. The smallest absolute Gasteiger partial charge is 0.209 e. The zero-order valence-electron chi connectivity index (χ0n) is 13.5. The monoisotopic (exact) mass is 296 g/mol. The summed E-state index contributed by atoms with van der Waals surface area (Å²) in [6, 6.07) is 9.25. The number of carbonyl (C=O) groups excluding carboxylic acids is 1. The first-order valence-electron chi connectivity index (χ1n) is 8.54. The molecule has 5 rings (SSSR count). The van der Waals surface area contributed by atoms with Gasteiger partial charge in [0, 0.05) is 42.1 Å². The lowest BCUT2D eigenvalue weighted by atomic mass is 9.66. The van der Waals surface area contributed by atoms with Crippen molar-refractivity contribution in [1.29, 1.82) is 0 Å². The van der Waals surface area contributed by atoms with E-state index in [0.29, 0.717) is 17.9 Å². The highest BCUT2D eigenvalue weighted by Gasteiger charge is 2.44. The largest absolute Gasteiger partial charge is 0.345 e. The van der Waals surface area contributed by atoms with E-state index in [-0.39, 0.29) is 0 Å². The molecule has 1 heterocycles. The van der Waals surface area contributed by atoms with Crippen molar-refractivity contribution in [1.82, 2.24) is 9.47 Å². The first-order valence-corrected chi connectivity index (χ1v) is 8.54. The third-order valence-electron chi connectivity index (χ3n) is 5.76. The van der Waals surface area contributed by atoms with E-state index in [9.17, 15) is 4.79 Å². The van der Waals surface area contributed by atoms with E-state index in [1.54, 1.807) is 5.56 Å². The van der Waals surface area contributed by atoms with Crippen LogP contribution < -0.4 is 0 Å². The van der Waals surface area contributed by atoms with Crippen LogP contribution >= 0.6 is 0 Å². The fraction of sp³-hybridized carbons (Fsp3) is 0.526. The number of benzene rings is 1. The van der Waals surface area contributed by atoms with E-state index in [4.69, 9.17) is 0 Å². The molecule has 1 fully saturated rings. The maximum atomic E-state index is 11.3. The molecule has 1 saturated carbocycles. The summed E-state index contributed by atoms with van der Waals surface area (Å²) in [7, 11) is 1.95. The van der Waals surface area contributed by atoms with E-state index in [2.05, 4.69) is 35.8 Å². The second-order valence-electron chi connectivity index (χ2n) is 6.92. The number of rotatable bonds is 4. The Hall–Kier alpha value is -1.77. The second-order valence-corrected chi connectivity index (χ2v) is 6.92. The zero-order valence-corrected chi connectivity index (χ0v) is 13.5. The number of para-hydroxylation sites is 1. The van der Waals surface area contributed by atoms with Gasteiger partial charge in [-0.1, -0.05) is 25.1 Å². The van der Waals surface area contributed by atoms with Gasteiger partial charge in [0.25, 0.3) is 0 Å². The van der Waals surface area contributed by atoms with Crippen LogP contribution in [0.15, 0.2) is 24.3 Å². The van der Waals surface area contributed by atoms with Crippen LogP contribution in [-0.4, -0.2) is 29.0 Å². The number of likely N-dealkylation sites (N-methyl/N-ethyl adjacent to an activating group) is 1. The number of aromatic nitrogens is 1. The molecule has 3 atom stereocenters. The van der Waals surface area contributed by atoms with Gasteiger partial charge in [-0.15, -0.1) is 0 Å². The summed E-state index contributed by atoms with van der Waals surface area (Å²) < 4.78 is 2.55. The Morgan fingerprint density at radius 1 is 1.32 bits per heavy atom. The van der Waals surface area contributed by atoms with Gasteiger partial charge in [-0.05, 0) is 43.2 Å². The number of hydrogen-bond donors (Lipinski definition) is 0. The topological polar surface area (TPSA) is 25.2 Å². The molecule has 0 N–H and O–H groups in total. The molecule has 0 spiro atoms. The number of fused-ring (bicyclic) bond motifs is 3. The van der Waals surface area contributed by atoms with Crippen LogP contribution in [0.1, 0.15) is 55.7 Å². The first kappa shape index (κ1) is 13.9. The molecule has 0 aliphatic heterocycles. The van der Waals surface area contributed by atoms with Crippen molar-refractivity contribution in [3.05, 3.63) is 35.5 Å². The van der Waals surface area contributed by atoms with E-state index in [1.165, 1.54) is 29.4 Å². The number of amides is 1. The average Bonchev–Trinajstić information content (AvgIpc) is 2.92. The molecular weight excluding hydrogens is 272 g/mol. The van der Waals surface area contributed by atoms with Crippen LogP contribution in [-0.2, 0) is 11.3 Å². The minimum Gasteiger partial charge on any atom is -0.345 e. The standard InChI is InChI=1S/C19H24N2O/c1-3-10-21-16-7-5-4-6-14(16)18-13-8-9-15(19(18)21)17(11-13)20(2)12-22/h4-7,12-13,15,17H,3,8-11H2,1-2H3. The molecule has 1 aromatic heterocycles. The maximum Gasteiger partial charge on any atom is 0.209 e. The van der Waals surface area contributed by atoms with Crippen molar-refractivity contribution in [2.45, 2.75) is 57.0 Å². The molecule has 3 nitrogen and oxygen atoms in total. The van der Waals surface area contributed by atoms with E-state index < -0.39 is 0 Å². The minimum absolute atomic E-state index is 0.378. The quantitative estimate of drug-likeness (QED) is 0.786. The van der Waals surface area contributed by atoms with Crippen molar-refractivity contribution >= 4 is 17.3 Å². The Morgan fingerprint density at radius 3 is 2.91 bits per heavy atom. The Labute approximate surface area is 131 Å².